The Kier molecular flexibility index (Phi) is 9.92. The first-order valence-corrected chi connectivity index (χ1v) is 14.0. The highest BCUT2D eigenvalue weighted by Crippen LogP contribution is 2.43. The molecule has 0 bridgehead atoms. The zero-order valence-electron chi connectivity index (χ0n) is 23.0. The Bertz CT molecular complexity index is 1240. The third-order valence-electron chi connectivity index (χ3n) is 7.31. The maximum atomic E-state index is 13.6. The molecule has 1 spiro atoms. The second-order valence-corrected chi connectivity index (χ2v) is 10.5. The lowest BCUT2D eigenvalue weighted by Gasteiger charge is -2.47. The van der Waals surface area contributed by atoms with Crippen LogP contribution in [0, 0.1) is 0 Å². The molecule has 0 amide bonds. The van der Waals surface area contributed by atoms with E-state index >= 15 is 0 Å². The molecular weight excluding hydrogens is 524 g/mol. The number of hydrogen-bond donors (Lipinski definition) is 0. The van der Waals surface area contributed by atoms with Crippen molar-refractivity contribution in [3.63, 3.8) is 0 Å². The van der Waals surface area contributed by atoms with Gasteiger partial charge in [0.2, 0.25) is 11.9 Å². The minimum absolute atomic E-state index is 0.00997. The van der Waals surface area contributed by atoms with E-state index in [-0.39, 0.29) is 32.3 Å². The molecule has 216 valence electrons. The van der Waals surface area contributed by atoms with Gasteiger partial charge >= 0.3 is 5.97 Å². The largest absolute Gasteiger partial charge is 0.459 e. The van der Waals surface area contributed by atoms with Crippen LogP contribution in [0.25, 0.3) is 0 Å². The van der Waals surface area contributed by atoms with Gasteiger partial charge in [0.15, 0.2) is 0 Å². The van der Waals surface area contributed by atoms with Gasteiger partial charge in [-0.25, -0.2) is 4.79 Å². The van der Waals surface area contributed by atoms with E-state index < -0.39 is 23.5 Å². The molecule has 0 aromatic heterocycles. The summed E-state index contributed by atoms with van der Waals surface area (Å²) in [5.74, 6) is -1.96. The predicted octanol–water partition coefficient (Wildman–Crippen LogP) is 4.78. The summed E-state index contributed by atoms with van der Waals surface area (Å²) in [6, 6.07) is 29.0. The van der Waals surface area contributed by atoms with E-state index in [4.69, 9.17) is 28.4 Å². The molecule has 0 aliphatic carbocycles. The Morgan fingerprint density at radius 1 is 0.805 bits per heavy atom. The van der Waals surface area contributed by atoms with Gasteiger partial charge in [0, 0.05) is 12.8 Å². The standard InChI is InChI=1S/C33H36O8/c34-19-18-32(24-37-21-27-12-6-2-7-13-27)25-39-33(30(41-32)31(35)38-22-28-14-8-3-9-15-28)17-16-29(40-33)23-36-20-26-10-4-1-5-11-26/h1-15,19,29-30H,16-18,20-25H2/t29-,30?,32?,33?/m1/s1. The van der Waals surface area contributed by atoms with Crippen molar-refractivity contribution in [2.24, 2.45) is 0 Å². The van der Waals surface area contributed by atoms with E-state index in [0.29, 0.717) is 32.7 Å². The minimum Gasteiger partial charge on any atom is -0.459 e. The van der Waals surface area contributed by atoms with Crippen LogP contribution in [0.2, 0.25) is 0 Å². The highest BCUT2D eigenvalue weighted by molar-refractivity contribution is 5.76. The molecule has 2 aliphatic rings. The van der Waals surface area contributed by atoms with Crippen LogP contribution < -0.4 is 0 Å². The van der Waals surface area contributed by atoms with E-state index in [2.05, 4.69) is 0 Å². The van der Waals surface area contributed by atoms with Gasteiger partial charge in [0.05, 0.1) is 39.1 Å². The summed E-state index contributed by atoms with van der Waals surface area (Å²) in [5, 5.41) is 0. The summed E-state index contributed by atoms with van der Waals surface area (Å²) in [6.45, 7) is 1.28. The second-order valence-electron chi connectivity index (χ2n) is 10.5. The summed E-state index contributed by atoms with van der Waals surface area (Å²) < 4.78 is 36.7. The van der Waals surface area contributed by atoms with Crippen molar-refractivity contribution in [2.75, 3.05) is 19.8 Å². The minimum atomic E-state index is -1.35. The van der Waals surface area contributed by atoms with Gasteiger partial charge in [-0.1, -0.05) is 91.0 Å². The molecule has 3 unspecified atom stereocenters. The van der Waals surface area contributed by atoms with Gasteiger partial charge in [-0.3, -0.25) is 0 Å². The molecule has 5 rings (SSSR count). The van der Waals surface area contributed by atoms with Crippen LogP contribution in [-0.2, 0) is 57.8 Å². The molecule has 8 nitrogen and oxygen atoms in total. The zero-order valence-corrected chi connectivity index (χ0v) is 23.0. The van der Waals surface area contributed by atoms with Gasteiger partial charge in [-0.2, -0.15) is 0 Å². The first-order chi connectivity index (χ1) is 20.1. The van der Waals surface area contributed by atoms with Gasteiger partial charge in [-0.15, -0.1) is 0 Å². The lowest BCUT2D eigenvalue weighted by molar-refractivity contribution is -0.358. The van der Waals surface area contributed by atoms with Crippen molar-refractivity contribution in [3.8, 4) is 0 Å². The van der Waals surface area contributed by atoms with E-state index in [1.165, 1.54) is 0 Å². The predicted molar refractivity (Wildman–Crippen MR) is 150 cm³/mol. The van der Waals surface area contributed by atoms with Crippen LogP contribution in [0.15, 0.2) is 91.0 Å². The smallest absolute Gasteiger partial charge is 0.341 e. The fourth-order valence-corrected chi connectivity index (χ4v) is 5.12. The van der Waals surface area contributed by atoms with Crippen LogP contribution in [0.1, 0.15) is 36.0 Å². The van der Waals surface area contributed by atoms with Crippen molar-refractivity contribution >= 4 is 12.3 Å². The summed E-state index contributed by atoms with van der Waals surface area (Å²) in [6.07, 6.45) is 0.281. The highest BCUT2D eigenvalue weighted by Gasteiger charge is 2.59. The number of carbonyl (C=O) groups is 2. The Labute approximate surface area is 240 Å². The van der Waals surface area contributed by atoms with Gasteiger partial charge in [-0.05, 0) is 23.1 Å². The third kappa shape index (κ3) is 7.67. The fraction of sp³-hybridized carbons (Fsp3) is 0.394. The number of rotatable bonds is 13. The second kappa shape index (κ2) is 14.0. The Morgan fingerprint density at radius 2 is 1.39 bits per heavy atom. The number of esters is 1. The maximum Gasteiger partial charge on any atom is 0.341 e. The molecule has 0 radical (unpaired) electrons. The molecule has 3 aromatic rings. The molecule has 0 saturated carbocycles. The number of ether oxygens (including phenoxy) is 6. The molecule has 2 saturated heterocycles. The molecule has 4 atom stereocenters. The first kappa shape index (κ1) is 29.1. The molecule has 41 heavy (non-hydrogen) atoms. The van der Waals surface area contributed by atoms with E-state index in [9.17, 15) is 9.59 Å². The lowest BCUT2D eigenvalue weighted by Crippen LogP contribution is -2.63. The molecule has 2 aliphatic heterocycles. The Hall–Kier alpha value is -3.40. The molecule has 8 heteroatoms. The lowest BCUT2D eigenvalue weighted by atomic mass is 9.96. The molecule has 2 fully saturated rings. The maximum absolute atomic E-state index is 13.6. The summed E-state index contributed by atoms with van der Waals surface area (Å²) in [7, 11) is 0. The van der Waals surface area contributed by atoms with Gasteiger partial charge in [0.1, 0.15) is 18.5 Å². The molecule has 2 heterocycles. The van der Waals surface area contributed by atoms with Crippen molar-refractivity contribution < 1.29 is 38.0 Å². The topological polar surface area (TPSA) is 89.5 Å². The third-order valence-corrected chi connectivity index (χ3v) is 7.31. The van der Waals surface area contributed by atoms with E-state index in [1.807, 2.05) is 91.0 Å². The summed E-state index contributed by atoms with van der Waals surface area (Å²) >= 11 is 0. The number of benzene rings is 3. The van der Waals surface area contributed by atoms with Crippen LogP contribution in [0.3, 0.4) is 0 Å². The van der Waals surface area contributed by atoms with Crippen LogP contribution in [-0.4, -0.2) is 55.7 Å². The van der Waals surface area contributed by atoms with Crippen LogP contribution in [0.4, 0.5) is 0 Å². The summed E-state index contributed by atoms with van der Waals surface area (Å²) in [4.78, 5) is 25.3. The Balaban J connectivity index is 1.27. The van der Waals surface area contributed by atoms with Crippen molar-refractivity contribution in [3.05, 3.63) is 108 Å². The average Bonchev–Trinajstić information content (AvgIpc) is 3.42. The van der Waals surface area contributed by atoms with E-state index in [0.717, 1.165) is 23.0 Å². The highest BCUT2D eigenvalue weighted by atomic mass is 16.8. The average molecular weight is 561 g/mol. The van der Waals surface area contributed by atoms with E-state index in [1.54, 1.807) is 0 Å². The van der Waals surface area contributed by atoms with Gasteiger partial charge in [0.25, 0.3) is 0 Å². The van der Waals surface area contributed by atoms with Crippen molar-refractivity contribution in [2.45, 2.75) is 62.7 Å². The normalized spacial score (nSPS) is 25.7. The zero-order chi connectivity index (χ0) is 28.4. The van der Waals surface area contributed by atoms with Crippen LogP contribution in [0.5, 0.6) is 0 Å². The number of carbonyl (C=O) groups excluding carboxylic acids is 2. The van der Waals surface area contributed by atoms with Crippen molar-refractivity contribution in [1.29, 1.82) is 0 Å². The van der Waals surface area contributed by atoms with Crippen LogP contribution >= 0.6 is 0 Å². The quantitative estimate of drug-likeness (QED) is 0.218. The summed E-state index contributed by atoms with van der Waals surface area (Å²) in [5.41, 5.74) is 1.73. The number of aldehydes is 1. The van der Waals surface area contributed by atoms with Crippen molar-refractivity contribution in [1.82, 2.24) is 0 Å². The Morgan fingerprint density at radius 3 is 2.00 bits per heavy atom. The first-order valence-electron chi connectivity index (χ1n) is 14.0. The molecular formula is C33H36O8. The SMILES string of the molecule is O=CCC1(COCc2ccccc2)COC2(CC[C@H](COCc3ccccc3)O2)C(C(=O)OCc2ccccc2)O1. The van der Waals surface area contributed by atoms with Gasteiger partial charge < -0.3 is 33.2 Å². The molecule has 0 N–H and O–H groups in total. The fourth-order valence-electron chi connectivity index (χ4n) is 5.12. The monoisotopic (exact) mass is 560 g/mol. The molecule has 3 aromatic carbocycles. The number of hydrogen-bond acceptors (Lipinski definition) is 8.